The van der Waals surface area contributed by atoms with E-state index in [0.717, 1.165) is 0 Å². The summed E-state index contributed by atoms with van der Waals surface area (Å²) >= 11 is 0. The Labute approximate surface area is 128 Å². The summed E-state index contributed by atoms with van der Waals surface area (Å²) in [6.07, 6.45) is -12.7. The van der Waals surface area contributed by atoms with E-state index in [1.165, 1.54) is 5.32 Å². The predicted octanol–water partition coefficient (Wildman–Crippen LogP) is 4.27. The van der Waals surface area contributed by atoms with Crippen LogP contribution in [0.25, 0.3) is 0 Å². The fraction of sp³-hybridized carbons (Fsp3) is 0.250. The molecule has 0 spiro atoms. The van der Waals surface area contributed by atoms with Gasteiger partial charge in [0.15, 0.2) is 17.5 Å². The maximum atomic E-state index is 13.3. The molecule has 0 aliphatic rings. The molecule has 12 heteroatoms. The van der Waals surface area contributed by atoms with Crippen molar-refractivity contribution in [3.8, 4) is 0 Å². The highest BCUT2D eigenvalue weighted by Gasteiger charge is 2.70. The van der Waals surface area contributed by atoms with E-state index >= 15 is 0 Å². The molecule has 2 amide bonds. The van der Waals surface area contributed by atoms with Crippen molar-refractivity contribution in [1.82, 2.24) is 5.32 Å². The third-order valence-corrected chi connectivity index (χ3v) is 2.79. The lowest BCUT2D eigenvalue weighted by Gasteiger charge is -2.35. The average molecular weight is 366 g/mol. The fourth-order valence-corrected chi connectivity index (χ4v) is 1.54. The number of anilines is 1. The van der Waals surface area contributed by atoms with E-state index in [-0.39, 0.29) is 0 Å². The van der Waals surface area contributed by atoms with E-state index in [1.807, 2.05) is 0 Å². The Morgan fingerprint density at radius 2 is 1.46 bits per heavy atom. The Kier molecular flexibility index (Phi) is 5.11. The molecule has 0 heterocycles. The first-order valence-corrected chi connectivity index (χ1v) is 5.76. The summed E-state index contributed by atoms with van der Waals surface area (Å²) in [5.74, 6) is -5.76. The van der Waals surface area contributed by atoms with Gasteiger partial charge in [-0.25, -0.2) is 18.0 Å². The number of urea groups is 1. The summed E-state index contributed by atoms with van der Waals surface area (Å²) in [6.45, 7) is 2.40. The van der Waals surface area contributed by atoms with Crippen molar-refractivity contribution >= 4 is 11.7 Å². The summed E-state index contributed by atoms with van der Waals surface area (Å²) < 4.78 is 115. The second kappa shape index (κ2) is 6.24. The van der Waals surface area contributed by atoms with Crippen molar-refractivity contribution in [3.05, 3.63) is 42.2 Å². The molecule has 1 rings (SSSR count). The first-order chi connectivity index (χ1) is 10.8. The van der Waals surface area contributed by atoms with Crippen molar-refractivity contribution in [2.75, 3.05) is 5.32 Å². The molecule has 0 aliphatic carbocycles. The summed E-state index contributed by atoms with van der Waals surface area (Å²) in [6, 6.07) is -1.46. The molecule has 0 bridgehead atoms. The van der Waals surface area contributed by atoms with E-state index in [0.29, 0.717) is 17.4 Å². The third kappa shape index (κ3) is 3.41. The lowest BCUT2D eigenvalue weighted by Crippen LogP contribution is -2.66. The molecular weight excluding hydrogens is 359 g/mol. The highest BCUT2D eigenvalue weighted by molar-refractivity contribution is 5.90. The lowest BCUT2D eigenvalue weighted by molar-refractivity contribution is -0.286. The van der Waals surface area contributed by atoms with Crippen LogP contribution >= 0.6 is 0 Å². The van der Waals surface area contributed by atoms with Gasteiger partial charge in [-0.2, -0.15) is 26.3 Å². The van der Waals surface area contributed by atoms with E-state index < -0.39 is 53.1 Å². The van der Waals surface area contributed by atoms with Crippen LogP contribution in [0.15, 0.2) is 24.8 Å². The molecule has 1 aromatic rings. The number of benzene rings is 1. The van der Waals surface area contributed by atoms with E-state index in [2.05, 4.69) is 6.58 Å². The Bertz CT molecular complexity index is 637. The highest BCUT2D eigenvalue weighted by atomic mass is 19.4. The summed E-state index contributed by atoms with van der Waals surface area (Å²) in [4.78, 5) is 11.4. The van der Waals surface area contributed by atoms with Crippen molar-refractivity contribution in [3.63, 3.8) is 0 Å². The SMILES string of the molecule is C=CC(NC(=O)Nc1ccc(F)c(F)c1F)(C(F)(F)F)C(F)(F)F. The quantitative estimate of drug-likeness (QED) is 0.468. The van der Waals surface area contributed by atoms with Crippen LogP contribution in [0.3, 0.4) is 0 Å². The normalized spacial score (nSPS) is 12.7. The largest absolute Gasteiger partial charge is 0.424 e. The van der Waals surface area contributed by atoms with Crippen LogP contribution in [0.2, 0.25) is 0 Å². The molecule has 3 nitrogen and oxygen atoms in total. The number of nitrogens with one attached hydrogen (secondary N) is 2. The zero-order valence-electron chi connectivity index (χ0n) is 11.2. The summed E-state index contributed by atoms with van der Waals surface area (Å²) in [5.41, 5.74) is -6.01. The highest BCUT2D eigenvalue weighted by Crippen LogP contribution is 2.43. The predicted molar refractivity (Wildman–Crippen MR) is 63.5 cm³/mol. The van der Waals surface area contributed by atoms with Crippen LogP contribution in [0.4, 0.5) is 50.0 Å². The zero-order chi connectivity index (χ0) is 18.9. The molecule has 0 aromatic heterocycles. The monoisotopic (exact) mass is 366 g/mol. The van der Waals surface area contributed by atoms with Gasteiger partial charge in [-0.15, -0.1) is 6.58 Å². The second-order valence-corrected chi connectivity index (χ2v) is 4.31. The molecule has 1 aromatic carbocycles. The van der Waals surface area contributed by atoms with Crippen LogP contribution in [0.5, 0.6) is 0 Å². The molecule has 0 unspecified atom stereocenters. The van der Waals surface area contributed by atoms with Crippen molar-refractivity contribution in [2.45, 2.75) is 17.9 Å². The molecule has 0 saturated carbocycles. The minimum atomic E-state index is -6.03. The molecule has 0 fully saturated rings. The van der Waals surface area contributed by atoms with Gasteiger partial charge in [0.1, 0.15) is 0 Å². The van der Waals surface area contributed by atoms with Gasteiger partial charge in [0.05, 0.1) is 5.69 Å². The lowest BCUT2D eigenvalue weighted by atomic mass is 9.98. The number of carbonyl (C=O) groups excluding carboxylic acids is 1. The topological polar surface area (TPSA) is 41.1 Å². The standard InChI is InChI=1S/C12H7F9N2O/c1-2-10(11(16,17)18,12(19,20)21)23-9(24)22-6-4-3-5(13)7(14)8(6)15/h2-4H,1H2,(H2,22,23,24). The zero-order valence-corrected chi connectivity index (χ0v) is 11.2. The minimum Gasteiger partial charge on any atom is -0.313 e. The number of rotatable bonds is 3. The first kappa shape index (κ1) is 19.6. The van der Waals surface area contributed by atoms with Crippen LogP contribution in [0, 0.1) is 17.5 Å². The molecule has 0 atom stereocenters. The molecule has 0 radical (unpaired) electrons. The average Bonchev–Trinajstić information content (AvgIpc) is 2.42. The smallest absolute Gasteiger partial charge is 0.313 e. The van der Waals surface area contributed by atoms with Gasteiger partial charge < -0.3 is 10.6 Å². The molecule has 0 aliphatic heterocycles. The number of halogens is 9. The minimum absolute atomic E-state index is 0.308. The van der Waals surface area contributed by atoms with Crippen LogP contribution in [-0.2, 0) is 0 Å². The van der Waals surface area contributed by atoms with Gasteiger partial charge in [-0.05, 0) is 18.2 Å². The maximum absolute atomic E-state index is 13.3. The summed E-state index contributed by atoms with van der Waals surface area (Å²) in [7, 11) is 0. The van der Waals surface area contributed by atoms with Crippen molar-refractivity contribution in [1.29, 1.82) is 0 Å². The van der Waals surface area contributed by atoms with Crippen molar-refractivity contribution in [2.24, 2.45) is 0 Å². The molecule has 2 N–H and O–H groups in total. The van der Waals surface area contributed by atoms with Gasteiger partial charge in [-0.1, -0.05) is 0 Å². The Morgan fingerprint density at radius 3 is 1.88 bits per heavy atom. The number of alkyl halides is 6. The number of amides is 2. The fourth-order valence-electron chi connectivity index (χ4n) is 1.54. The van der Waals surface area contributed by atoms with Gasteiger partial charge >= 0.3 is 18.4 Å². The number of hydrogen-bond donors (Lipinski definition) is 2. The van der Waals surface area contributed by atoms with Crippen LogP contribution in [0.1, 0.15) is 0 Å². The maximum Gasteiger partial charge on any atom is 0.424 e. The van der Waals surface area contributed by atoms with Crippen molar-refractivity contribution < 1.29 is 44.3 Å². The molecule has 0 saturated heterocycles. The Morgan fingerprint density at radius 1 is 0.958 bits per heavy atom. The Hall–Kier alpha value is -2.40. The Balaban J connectivity index is 3.16. The first-order valence-electron chi connectivity index (χ1n) is 5.76. The van der Waals surface area contributed by atoms with Crippen LogP contribution in [-0.4, -0.2) is 23.9 Å². The van der Waals surface area contributed by atoms with Gasteiger partial charge in [-0.3, -0.25) is 0 Å². The van der Waals surface area contributed by atoms with Gasteiger partial charge in [0.2, 0.25) is 0 Å². The third-order valence-electron chi connectivity index (χ3n) is 2.79. The number of hydrogen-bond acceptors (Lipinski definition) is 1. The second-order valence-electron chi connectivity index (χ2n) is 4.31. The van der Waals surface area contributed by atoms with E-state index in [1.54, 1.807) is 0 Å². The van der Waals surface area contributed by atoms with Gasteiger partial charge in [0, 0.05) is 0 Å². The van der Waals surface area contributed by atoms with E-state index in [4.69, 9.17) is 0 Å². The summed E-state index contributed by atoms with van der Waals surface area (Å²) in [5, 5.41) is 1.80. The van der Waals surface area contributed by atoms with E-state index in [9.17, 15) is 44.3 Å². The van der Waals surface area contributed by atoms with Crippen LogP contribution < -0.4 is 10.6 Å². The molecular formula is C12H7F9N2O. The number of carbonyl (C=O) groups is 1. The van der Waals surface area contributed by atoms with Gasteiger partial charge in [0.25, 0.3) is 5.54 Å². The molecule has 24 heavy (non-hydrogen) atoms. The molecule has 134 valence electrons.